The van der Waals surface area contributed by atoms with Crippen LogP contribution in [-0.2, 0) is 4.79 Å². The Hall–Kier alpha value is -1.35. The number of carbonyl (C=O) groups excluding carboxylic acids is 1. The summed E-state index contributed by atoms with van der Waals surface area (Å²) >= 11 is 0. The van der Waals surface area contributed by atoms with Gasteiger partial charge < -0.3 is 10.6 Å². The number of anilines is 1. The van der Waals surface area contributed by atoms with Gasteiger partial charge in [0.05, 0.1) is 6.54 Å². The molecule has 0 atom stereocenters. The molecular weight excluding hydrogens is 152 g/mol. The maximum atomic E-state index is 11.0. The lowest BCUT2D eigenvalue weighted by Crippen LogP contribution is -2.24. The van der Waals surface area contributed by atoms with E-state index in [9.17, 15) is 4.79 Å². The second-order valence-electron chi connectivity index (χ2n) is 2.44. The van der Waals surface area contributed by atoms with Crippen molar-refractivity contribution in [3.63, 3.8) is 0 Å². The zero-order valence-electron chi connectivity index (χ0n) is 7.00. The third-order valence-corrected chi connectivity index (χ3v) is 1.39. The first kappa shape index (κ1) is 8.74. The number of hydrogen-bond donors (Lipinski definition) is 2. The molecule has 0 aromatic heterocycles. The summed E-state index contributed by atoms with van der Waals surface area (Å²) < 4.78 is 0. The first-order valence-corrected chi connectivity index (χ1v) is 3.82. The van der Waals surface area contributed by atoms with E-state index in [1.165, 1.54) is 0 Å². The zero-order valence-corrected chi connectivity index (χ0v) is 7.00. The van der Waals surface area contributed by atoms with Gasteiger partial charge in [-0.2, -0.15) is 0 Å². The Labute approximate surface area is 71.8 Å². The highest BCUT2D eigenvalue weighted by Gasteiger charge is 1.97. The van der Waals surface area contributed by atoms with Gasteiger partial charge in [-0.25, -0.2) is 0 Å². The minimum absolute atomic E-state index is 0.0244. The van der Waals surface area contributed by atoms with Crippen molar-refractivity contribution in [2.24, 2.45) is 0 Å². The molecule has 0 spiro atoms. The standard InChI is InChI=1S/C9H12N2O/c1-10-7-9(12)11-8-5-3-2-4-6-8/h2-6,10H,7H2,1H3,(H,11,12). The van der Waals surface area contributed by atoms with Crippen LogP contribution in [-0.4, -0.2) is 19.5 Å². The minimum atomic E-state index is -0.0244. The van der Waals surface area contributed by atoms with Crippen molar-refractivity contribution in [1.82, 2.24) is 5.32 Å². The largest absolute Gasteiger partial charge is 0.325 e. The molecule has 0 radical (unpaired) electrons. The molecule has 0 saturated carbocycles. The molecule has 0 unspecified atom stereocenters. The Balaban J connectivity index is 2.47. The van der Waals surface area contributed by atoms with Gasteiger partial charge in [0, 0.05) is 5.69 Å². The fraction of sp³-hybridized carbons (Fsp3) is 0.222. The summed E-state index contributed by atoms with van der Waals surface area (Å²) in [5, 5.41) is 5.52. The van der Waals surface area contributed by atoms with Crippen LogP contribution in [0.5, 0.6) is 0 Å². The predicted octanol–water partition coefficient (Wildman–Crippen LogP) is 0.844. The quantitative estimate of drug-likeness (QED) is 0.695. The van der Waals surface area contributed by atoms with Crippen molar-refractivity contribution in [3.8, 4) is 0 Å². The van der Waals surface area contributed by atoms with Crippen molar-refractivity contribution in [1.29, 1.82) is 0 Å². The van der Waals surface area contributed by atoms with E-state index in [2.05, 4.69) is 10.6 Å². The summed E-state index contributed by atoms with van der Waals surface area (Å²) in [6, 6.07) is 9.39. The molecule has 0 fully saturated rings. The molecule has 2 N–H and O–H groups in total. The van der Waals surface area contributed by atoms with Crippen LogP contribution in [0, 0.1) is 0 Å². The lowest BCUT2D eigenvalue weighted by atomic mass is 10.3. The molecule has 3 heteroatoms. The molecule has 1 aromatic carbocycles. The summed E-state index contributed by atoms with van der Waals surface area (Å²) in [6.45, 7) is 0.342. The molecule has 64 valence electrons. The molecule has 0 aliphatic carbocycles. The number of hydrogen-bond acceptors (Lipinski definition) is 2. The summed E-state index contributed by atoms with van der Waals surface area (Å²) in [6.07, 6.45) is 0. The smallest absolute Gasteiger partial charge is 0.238 e. The molecule has 12 heavy (non-hydrogen) atoms. The van der Waals surface area contributed by atoms with E-state index in [-0.39, 0.29) is 5.91 Å². The van der Waals surface area contributed by atoms with E-state index in [1.807, 2.05) is 30.3 Å². The normalized spacial score (nSPS) is 9.42. The molecule has 1 aromatic rings. The van der Waals surface area contributed by atoms with Gasteiger partial charge in [-0.05, 0) is 19.2 Å². The predicted molar refractivity (Wildman–Crippen MR) is 49.0 cm³/mol. The van der Waals surface area contributed by atoms with Crippen LogP contribution >= 0.6 is 0 Å². The molecular formula is C9H12N2O. The number of benzene rings is 1. The lowest BCUT2D eigenvalue weighted by Gasteiger charge is -2.02. The summed E-state index contributed by atoms with van der Waals surface area (Å²) in [5.74, 6) is -0.0244. The number of carbonyl (C=O) groups is 1. The van der Waals surface area contributed by atoms with Crippen LogP contribution in [0.1, 0.15) is 0 Å². The van der Waals surface area contributed by atoms with E-state index in [0.717, 1.165) is 5.69 Å². The van der Waals surface area contributed by atoms with Gasteiger partial charge in [-0.1, -0.05) is 18.2 Å². The Morgan fingerprint density at radius 2 is 2.00 bits per heavy atom. The van der Waals surface area contributed by atoms with Crippen molar-refractivity contribution in [3.05, 3.63) is 30.3 Å². The summed E-state index contributed by atoms with van der Waals surface area (Å²) in [5.41, 5.74) is 0.831. The van der Waals surface area contributed by atoms with Crippen LogP contribution in [0.3, 0.4) is 0 Å². The van der Waals surface area contributed by atoms with Crippen LogP contribution in [0.2, 0.25) is 0 Å². The molecule has 0 aliphatic rings. The van der Waals surface area contributed by atoms with Crippen molar-refractivity contribution in [2.75, 3.05) is 18.9 Å². The summed E-state index contributed by atoms with van der Waals surface area (Å²) in [4.78, 5) is 11.0. The minimum Gasteiger partial charge on any atom is -0.325 e. The number of nitrogens with one attached hydrogen (secondary N) is 2. The second-order valence-corrected chi connectivity index (χ2v) is 2.44. The van der Waals surface area contributed by atoms with Gasteiger partial charge in [0.1, 0.15) is 0 Å². The van der Waals surface area contributed by atoms with E-state index in [0.29, 0.717) is 6.54 Å². The molecule has 0 saturated heterocycles. The summed E-state index contributed by atoms with van der Waals surface area (Å²) in [7, 11) is 1.74. The van der Waals surface area contributed by atoms with Gasteiger partial charge in [0.25, 0.3) is 0 Å². The highest BCUT2D eigenvalue weighted by Crippen LogP contribution is 2.03. The zero-order chi connectivity index (χ0) is 8.81. The van der Waals surface area contributed by atoms with Gasteiger partial charge in [-0.3, -0.25) is 4.79 Å². The van der Waals surface area contributed by atoms with Crippen molar-refractivity contribution in [2.45, 2.75) is 0 Å². The fourth-order valence-electron chi connectivity index (χ4n) is 0.887. The maximum absolute atomic E-state index is 11.0. The molecule has 1 rings (SSSR count). The monoisotopic (exact) mass is 164 g/mol. The van der Waals surface area contributed by atoms with Gasteiger partial charge >= 0.3 is 0 Å². The van der Waals surface area contributed by atoms with Crippen molar-refractivity contribution >= 4 is 11.6 Å². The maximum Gasteiger partial charge on any atom is 0.238 e. The Morgan fingerprint density at radius 3 is 2.58 bits per heavy atom. The average Bonchev–Trinajstić information content (AvgIpc) is 2.06. The fourth-order valence-corrected chi connectivity index (χ4v) is 0.887. The van der Waals surface area contributed by atoms with E-state index in [1.54, 1.807) is 7.05 Å². The molecule has 1 amide bonds. The number of amides is 1. The highest BCUT2D eigenvalue weighted by molar-refractivity contribution is 5.92. The molecule has 0 heterocycles. The van der Waals surface area contributed by atoms with Crippen LogP contribution in [0.15, 0.2) is 30.3 Å². The first-order chi connectivity index (χ1) is 5.83. The number of rotatable bonds is 3. The molecule has 3 nitrogen and oxygen atoms in total. The average molecular weight is 164 g/mol. The second kappa shape index (κ2) is 4.51. The van der Waals surface area contributed by atoms with Crippen LogP contribution in [0.25, 0.3) is 0 Å². The lowest BCUT2D eigenvalue weighted by molar-refractivity contribution is -0.115. The van der Waals surface area contributed by atoms with Crippen LogP contribution in [0.4, 0.5) is 5.69 Å². The van der Waals surface area contributed by atoms with Gasteiger partial charge in [0.2, 0.25) is 5.91 Å². The third-order valence-electron chi connectivity index (χ3n) is 1.39. The van der Waals surface area contributed by atoms with Crippen LogP contribution < -0.4 is 10.6 Å². The highest BCUT2D eigenvalue weighted by atomic mass is 16.1. The third kappa shape index (κ3) is 2.72. The van der Waals surface area contributed by atoms with Crippen molar-refractivity contribution < 1.29 is 4.79 Å². The first-order valence-electron chi connectivity index (χ1n) is 3.82. The number of likely N-dealkylation sites (N-methyl/N-ethyl adjacent to an activating group) is 1. The van der Waals surface area contributed by atoms with Gasteiger partial charge in [-0.15, -0.1) is 0 Å². The SMILES string of the molecule is CNCC(=O)Nc1ccccc1. The molecule has 0 bridgehead atoms. The Kier molecular flexibility index (Phi) is 3.29. The van der Waals surface area contributed by atoms with E-state index < -0.39 is 0 Å². The van der Waals surface area contributed by atoms with E-state index >= 15 is 0 Å². The topological polar surface area (TPSA) is 41.1 Å². The van der Waals surface area contributed by atoms with E-state index in [4.69, 9.17) is 0 Å². The van der Waals surface area contributed by atoms with Gasteiger partial charge in [0.15, 0.2) is 0 Å². The Morgan fingerprint density at radius 1 is 1.33 bits per heavy atom. The molecule has 0 aliphatic heterocycles. The number of para-hydroxylation sites is 1. The Bertz CT molecular complexity index is 246.